The van der Waals surface area contributed by atoms with Gasteiger partial charge in [0.25, 0.3) is 0 Å². The fraction of sp³-hybridized carbons (Fsp3) is 0.545. The molecule has 0 aliphatic carbocycles. The smallest absolute Gasteiger partial charge is 0.164 e. The molecular weight excluding hydrogens is 220 g/mol. The molecule has 2 rings (SSSR count). The summed E-state index contributed by atoms with van der Waals surface area (Å²) in [4.78, 5) is 13.4. The van der Waals surface area contributed by atoms with Gasteiger partial charge in [-0.15, -0.1) is 11.8 Å². The normalized spacial score (nSPS) is 11.2. The third kappa shape index (κ3) is 2.04. The van der Waals surface area contributed by atoms with E-state index in [1.54, 1.807) is 18.1 Å². The molecule has 0 aromatic carbocycles. The van der Waals surface area contributed by atoms with Crippen LogP contribution < -0.4 is 0 Å². The highest BCUT2D eigenvalue weighted by molar-refractivity contribution is 7.98. The van der Waals surface area contributed by atoms with Crippen LogP contribution in [-0.2, 0) is 13.5 Å². The number of hydrogen-bond acceptors (Lipinski definition) is 4. The molecule has 0 aliphatic rings. The van der Waals surface area contributed by atoms with Crippen molar-refractivity contribution in [3.63, 3.8) is 0 Å². The monoisotopic (exact) mass is 236 g/mol. The Hall–Kier alpha value is -1.10. The maximum absolute atomic E-state index is 4.56. The molecule has 0 fully saturated rings. The number of thioether (sulfide) groups is 1. The first-order valence-electron chi connectivity index (χ1n) is 5.48. The third-order valence-electron chi connectivity index (χ3n) is 2.52. The van der Waals surface area contributed by atoms with E-state index in [1.807, 2.05) is 17.9 Å². The van der Waals surface area contributed by atoms with Gasteiger partial charge in [0.1, 0.15) is 16.4 Å². The number of fused-ring (bicyclic) bond motifs is 1. The molecule has 2 aromatic rings. The minimum Gasteiger partial charge on any atom is -0.318 e. The van der Waals surface area contributed by atoms with Crippen LogP contribution in [0.3, 0.4) is 0 Å². The molecule has 0 saturated heterocycles. The van der Waals surface area contributed by atoms with E-state index in [9.17, 15) is 0 Å². The summed E-state index contributed by atoms with van der Waals surface area (Å²) in [7, 11) is 1.97. The van der Waals surface area contributed by atoms with Crippen LogP contribution in [0.2, 0.25) is 0 Å². The zero-order valence-electron chi connectivity index (χ0n) is 9.90. The fourth-order valence-corrected chi connectivity index (χ4v) is 2.15. The highest BCUT2D eigenvalue weighted by Gasteiger charge is 2.10. The summed E-state index contributed by atoms with van der Waals surface area (Å²) in [5.74, 6) is 0.933. The van der Waals surface area contributed by atoms with Crippen LogP contribution in [0.5, 0.6) is 0 Å². The Balaban J connectivity index is 2.48. The Bertz CT molecular complexity index is 492. The van der Waals surface area contributed by atoms with Gasteiger partial charge < -0.3 is 4.57 Å². The summed E-state index contributed by atoms with van der Waals surface area (Å²) in [6, 6.07) is 0. The van der Waals surface area contributed by atoms with Gasteiger partial charge in [-0.2, -0.15) is 0 Å². The van der Waals surface area contributed by atoms with Gasteiger partial charge in [-0.05, 0) is 12.7 Å². The van der Waals surface area contributed by atoms with Crippen molar-refractivity contribution in [3.05, 3.63) is 12.2 Å². The van der Waals surface area contributed by atoms with Crippen molar-refractivity contribution in [2.75, 3.05) is 6.26 Å². The molecule has 0 unspecified atom stereocenters. The Kier molecular flexibility index (Phi) is 3.43. The molecule has 2 heterocycles. The van der Waals surface area contributed by atoms with Gasteiger partial charge in [0.05, 0.1) is 6.33 Å². The number of nitrogens with zero attached hydrogens (tertiary/aromatic N) is 4. The lowest BCUT2D eigenvalue weighted by atomic mass is 10.2. The largest absolute Gasteiger partial charge is 0.318 e. The Morgan fingerprint density at radius 1 is 1.38 bits per heavy atom. The van der Waals surface area contributed by atoms with Gasteiger partial charge in [-0.1, -0.05) is 13.3 Å². The molecule has 4 nitrogen and oxygen atoms in total. The van der Waals surface area contributed by atoms with Gasteiger partial charge in [0.15, 0.2) is 5.65 Å². The van der Waals surface area contributed by atoms with Crippen molar-refractivity contribution < 1.29 is 0 Å². The average molecular weight is 236 g/mol. The van der Waals surface area contributed by atoms with Gasteiger partial charge in [-0.25, -0.2) is 15.0 Å². The first-order valence-corrected chi connectivity index (χ1v) is 6.70. The summed E-state index contributed by atoms with van der Waals surface area (Å²) in [5, 5.41) is 0.983. The summed E-state index contributed by atoms with van der Waals surface area (Å²) < 4.78 is 1.95. The fourth-order valence-electron chi connectivity index (χ4n) is 1.61. The molecule has 16 heavy (non-hydrogen) atoms. The lowest BCUT2D eigenvalue weighted by Crippen LogP contribution is -1.99. The lowest BCUT2D eigenvalue weighted by molar-refractivity contribution is 0.743. The van der Waals surface area contributed by atoms with E-state index >= 15 is 0 Å². The van der Waals surface area contributed by atoms with E-state index in [0.717, 1.165) is 34.9 Å². The second kappa shape index (κ2) is 4.82. The standard InChI is InChI=1S/C11H16N4S/c1-4-5-6-8-13-10-9(11(14-8)16-3)12-7-15(10)2/h7H,4-6H2,1-3H3. The number of imidazole rings is 1. The molecule has 0 saturated carbocycles. The van der Waals surface area contributed by atoms with Crippen molar-refractivity contribution >= 4 is 22.9 Å². The topological polar surface area (TPSA) is 43.6 Å². The number of aryl methyl sites for hydroxylation is 2. The number of aromatic nitrogens is 4. The lowest BCUT2D eigenvalue weighted by Gasteiger charge is -2.03. The highest BCUT2D eigenvalue weighted by atomic mass is 32.2. The van der Waals surface area contributed by atoms with Crippen molar-refractivity contribution in [2.45, 2.75) is 31.2 Å². The van der Waals surface area contributed by atoms with Crippen LogP contribution in [0.15, 0.2) is 11.4 Å². The van der Waals surface area contributed by atoms with Crippen LogP contribution >= 0.6 is 11.8 Å². The van der Waals surface area contributed by atoms with E-state index < -0.39 is 0 Å². The molecule has 5 heteroatoms. The molecule has 0 spiro atoms. The Labute approximate surface area is 99.5 Å². The molecule has 0 N–H and O–H groups in total. The van der Waals surface area contributed by atoms with E-state index in [-0.39, 0.29) is 0 Å². The zero-order chi connectivity index (χ0) is 11.5. The maximum Gasteiger partial charge on any atom is 0.164 e. The Morgan fingerprint density at radius 2 is 2.19 bits per heavy atom. The second-order valence-electron chi connectivity index (χ2n) is 3.78. The van der Waals surface area contributed by atoms with Gasteiger partial charge in [0, 0.05) is 13.5 Å². The minimum atomic E-state index is 0.912. The minimum absolute atomic E-state index is 0.912. The van der Waals surface area contributed by atoms with Crippen molar-refractivity contribution in [3.8, 4) is 0 Å². The van der Waals surface area contributed by atoms with E-state index in [2.05, 4.69) is 21.9 Å². The van der Waals surface area contributed by atoms with Crippen LogP contribution in [0.4, 0.5) is 0 Å². The molecule has 0 amide bonds. The first kappa shape index (κ1) is 11.4. The van der Waals surface area contributed by atoms with Crippen LogP contribution in [0, 0.1) is 0 Å². The maximum atomic E-state index is 4.56. The SMILES string of the molecule is CCCCc1nc(SC)c2ncn(C)c2n1. The predicted molar refractivity (Wildman–Crippen MR) is 66.7 cm³/mol. The summed E-state index contributed by atoms with van der Waals surface area (Å²) in [6.45, 7) is 2.18. The van der Waals surface area contributed by atoms with Crippen molar-refractivity contribution in [1.82, 2.24) is 19.5 Å². The third-order valence-corrected chi connectivity index (χ3v) is 3.19. The quantitative estimate of drug-likeness (QED) is 0.604. The number of hydrogen-bond donors (Lipinski definition) is 0. The van der Waals surface area contributed by atoms with E-state index in [0.29, 0.717) is 0 Å². The summed E-state index contributed by atoms with van der Waals surface area (Å²) >= 11 is 1.63. The molecule has 0 bridgehead atoms. The van der Waals surface area contributed by atoms with Crippen molar-refractivity contribution in [2.24, 2.45) is 7.05 Å². The number of rotatable bonds is 4. The second-order valence-corrected chi connectivity index (χ2v) is 4.58. The zero-order valence-corrected chi connectivity index (χ0v) is 10.7. The molecule has 0 aliphatic heterocycles. The van der Waals surface area contributed by atoms with E-state index in [1.165, 1.54) is 6.42 Å². The first-order chi connectivity index (χ1) is 7.76. The Morgan fingerprint density at radius 3 is 2.88 bits per heavy atom. The molecular formula is C11H16N4S. The van der Waals surface area contributed by atoms with Crippen LogP contribution in [0.25, 0.3) is 11.2 Å². The van der Waals surface area contributed by atoms with E-state index in [4.69, 9.17) is 0 Å². The molecule has 2 aromatic heterocycles. The van der Waals surface area contributed by atoms with Crippen molar-refractivity contribution in [1.29, 1.82) is 0 Å². The molecule has 0 atom stereocenters. The van der Waals surface area contributed by atoms with Crippen LogP contribution in [0.1, 0.15) is 25.6 Å². The average Bonchev–Trinajstić information content (AvgIpc) is 2.68. The summed E-state index contributed by atoms with van der Waals surface area (Å²) in [6.07, 6.45) is 7.08. The van der Waals surface area contributed by atoms with Gasteiger partial charge in [-0.3, -0.25) is 0 Å². The van der Waals surface area contributed by atoms with Gasteiger partial charge in [0.2, 0.25) is 0 Å². The van der Waals surface area contributed by atoms with Gasteiger partial charge >= 0.3 is 0 Å². The predicted octanol–water partition coefficient (Wildman–Crippen LogP) is 2.43. The number of unbranched alkanes of at least 4 members (excludes halogenated alkanes) is 1. The van der Waals surface area contributed by atoms with Crippen LogP contribution in [-0.4, -0.2) is 25.8 Å². The summed E-state index contributed by atoms with van der Waals surface area (Å²) in [5.41, 5.74) is 1.85. The molecule has 0 radical (unpaired) electrons. The molecule has 86 valence electrons. The highest BCUT2D eigenvalue weighted by Crippen LogP contribution is 2.22.